The summed E-state index contributed by atoms with van der Waals surface area (Å²) in [6.45, 7) is 8.49. The molecule has 0 N–H and O–H groups in total. The molecular weight excluding hydrogens is 176 g/mol. The van der Waals surface area contributed by atoms with Crippen molar-refractivity contribution in [1.82, 2.24) is 0 Å². The Hall–Kier alpha value is -0.790. The van der Waals surface area contributed by atoms with E-state index in [-0.39, 0.29) is 5.97 Å². The van der Waals surface area contributed by atoms with Crippen LogP contribution < -0.4 is 0 Å². The van der Waals surface area contributed by atoms with Gasteiger partial charge in [-0.3, -0.25) is 4.79 Å². The summed E-state index contributed by atoms with van der Waals surface area (Å²) in [5.41, 5.74) is 1.31. The van der Waals surface area contributed by atoms with Crippen LogP contribution >= 0.6 is 0 Å². The second-order valence-electron chi connectivity index (χ2n) is 4.11. The summed E-state index contributed by atoms with van der Waals surface area (Å²) in [7, 11) is 0. The molecule has 0 aliphatic heterocycles. The molecule has 2 nitrogen and oxygen atoms in total. The zero-order valence-electron chi connectivity index (χ0n) is 9.80. The Morgan fingerprint density at radius 3 is 2.50 bits per heavy atom. The third-order valence-corrected chi connectivity index (χ3v) is 2.04. The molecule has 0 aromatic rings. The van der Waals surface area contributed by atoms with E-state index in [1.165, 1.54) is 18.9 Å². The van der Waals surface area contributed by atoms with Crippen LogP contribution in [-0.4, -0.2) is 12.6 Å². The van der Waals surface area contributed by atoms with E-state index in [2.05, 4.69) is 26.8 Å². The van der Waals surface area contributed by atoms with Crippen LogP contribution in [0.5, 0.6) is 0 Å². The van der Waals surface area contributed by atoms with Crippen molar-refractivity contribution < 1.29 is 9.53 Å². The molecule has 0 aliphatic carbocycles. The van der Waals surface area contributed by atoms with Gasteiger partial charge in [-0.15, -0.1) is 0 Å². The van der Waals surface area contributed by atoms with Crippen LogP contribution in [0.15, 0.2) is 11.6 Å². The molecule has 0 bridgehead atoms. The summed E-state index contributed by atoms with van der Waals surface area (Å²) in [6.07, 6.45) is 5.45. The molecule has 0 radical (unpaired) electrons. The lowest BCUT2D eigenvalue weighted by Crippen LogP contribution is -2.00. The van der Waals surface area contributed by atoms with Crippen molar-refractivity contribution in [3.8, 4) is 0 Å². The van der Waals surface area contributed by atoms with Crippen LogP contribution in [0.2, 0.25) is 0 Å². The van der Waals surface area contributed by atoms with E-state index in [1.807, 2.05) is 0 Å². The molecule has 0 unspecified atom stereocenters. The molecule has 0 spiro atoms. The Balaban J connectivity index is 3.51. The molecule has 0 atom stereocenters. The molecule has 0 aliphatic rings. The van der Waals surface area contributed by atoms with Gasteiger partial charge in [0.1, 0.15) is 0 Å². The SMILES string of the molecule is CC(=O)OCC/C(C)=C/CCC(C)C. The Morgan fingerprint density at radius 1 is 1.36 bits per heavy atom. The Morgan fingerprint density at radius 2 is 2.00 bits per heavy atom. The molecule has 0 heterocycles. The van der Waals surface area contributed by atoms with Crippen LogP contribution in [-0.2, 0) is 9.53 Å². The van der Waals surface area contributed by atoms with Gasteiger partial charge in [-0.05, 0) is 25.7 Å². The Bertz CT molecular complexity index is 192. The highest BCUT2D eigenvalue weighted by molar-refractivity contribution is 5.65. The van der Waals surface area contributed by atoms with E-state index in [1.54, 1.807) is 0 Å². The summed E-state index contributed by atoms with van der Waals surface area (Å²) >= 11 is 0. The first-order chi connectivity index (χ1) is 6.52. The predicted octanol–water partition coefficient (Wildman–Crippen LogP) is 3.32. The zero-order valence-corrected chi connectivity index (χ0v) is 9.80. The number of carbonyl (C=O) groups is 1. The molecule has 0 aromatic carbocycles. The average molecular weight is 198 g/mol. The van der Waals surface area contributed by atoms with Crippen molar-refractivity contribution in [3.05, 3.63) is 11.6 Å². The first-order valence-electron chi connectivity index (χ1n) is 5.31. The molecule has 0 saturated carbocycles. The Labute approximate surface area is 87.3 Å². The summed E-state index contributed by atoms with van der Waals surface area (Å²) in [5.74, 6) is 0.563. The molecule has 14 heavy (non-hydrogen) atoms. The third kappa shape index (κ3) is 9.30. The summed E-state index contributed by atoms with van der Waals surface area (Å²) in [4.78, 5) is 10.5. The van der Waals surface area contributed by atoms with Crippen molar-refractivity contribution in [2.45, 2.75) is 47.0 Å². The van der Waals surface area contributed by atoms with E-state index in [9.17, 15) is 4.79 Å². The maximum atomic E-state index is 10.5. The number of esters is 1. The minimum atomic E-state index is -0.194. The maximum absolute atomic E-state index is 10.5. The fourth-order valence-corrected chi connectivity index (χ4v) is 1.12. The van der Waals surface area contributed by atoms with Crippen molar-refractivity contribution in [2.75, 3.05) is 6.61 Å². The average Bonchev–Trinajstić information content (AvgIpc) is 2.02. The van der Waals surface area contributed by atoms with Gasteiger partial charge in [0, 0.05) is 13.3 Å². The topological polar surface area (TPSA) is 26.3 Å². The zero-order chi connectivity index (χ0) is 11.0. The molecule has 0 aromatic heterocycles. The van der Waals surface area contributed by atoms with E-state index in [0.29, 0.717) is 6.61 Å². The van der Waals surface area contributed by atoms with Gasteiger partial charge in [0.25, 0.3) is 0 Å². The van der Waals surface area contributed by atoms with Crippen molar-refractivity contribution >= 4 is 5.97 Å². The minimum Gasteiger partial charge on any atom is -0.466 e. The highest BCUT2D eigenvalue weighted by atomic mass is 16.5. The normalized spacial score (nSPS) is 11.9. The first-order valence-corrected chi connectivity index (χ1v) is 5.31. The van der Waals surface area contributed by atoms with Gasteiger partial charge in [-0.1, -0.05) is 25.5 Å². The lowest BCUT2D eigenvalue weighted by Gasteiger charge is -2.03. The monoisotopic (exact) mass is 198 g/mol. The lowest BCUT2D eigenvalue weighted by atomic mass is 10.1. The van der Waals surface area contributed by atoms with Crippen LogP contribution in [0.1, 0.15) is 47.0 Å². The van der Waals surface area contributed by atoms with Gasteiger partial charge in [-0.25, -0.2) is 0 Å². The number of rotatable bonds is 6. The lowest BCUT2D eigenvalue weighted by molar-refractivity contribution is -0.140. The van der Waals surface area contributed by atoms with Gasteiger partial charge in [-0.2, -0.15) is 0 Å². The smallest absolute Gasteiger partial charge is 0.302 e. The molecular formula is C12H22O2. The van der Waals surface area contributed by atoms with E-state index >= 15 is 0 Å². The van der Waals surface area contributed by atoms with E-state index in [4.69, 9.17) is 4.74 Å². The second-order valence-corrected chi connectivity index (χ2v) is 4.11. The van der Waals surface area contributed by atoms with Gasteiger partial charge in [0.15, 0.2) is 0 Å². The number of allylic oxidation sites excluding steroid dienone is 1. The van der Waals surface area contributed by atoms with Crippen LogP contribution in [0, 0.1) is 5.92 Å². The van der Waals surface area contributed by atoms with Crippen molar-refractivity contribution in [2.24, 2.45) is 5.92 Å². The molecule has 0 amide bonds. The summed E-state index contributed by atoms with van der Waals surface area (Å²) in [5, 5.41) is 0. The fourth-order valence-electron chi connectivity index (χ4n) is 1.12. The van der Waals surface area contributed by atoms with Crippen LogP contribution in [0.3, 0.4) is 0 Å². The van der Waals surface area contributed by atoms with Gasteiger partial charge < -0.3 is 4.74 Å². The standard InChI is InChI=1S/C12H22O2/c1-10(2)6-5-7-11(3)8-9-14-12(4)13/h7,10H,5-6,8-9H2,1-4H3/b11-7+. The maximum Gasteiger partial charge on any atom is 0.302 e. The fraction of sp³-hybridized carbons (Fsp3) is 0.750. The summed E-state index contributed by atoms with van der Waals surface area (Å²) < 4.78 is 4.86. The van der Waals surface area contributed by atoms with Crippen molar-refractivity contribution in [3.63, 3.8) is 0 Å². The highest BCUT2D eigenvalue weighted by Crippen LogP contribution is 2.08. The molecule has 0 saturated heterocycles. The predicted molar refractivity (Wildman–Crippen MR) is 59.1 cm³/mol. The van der Waals surface area contributed by atoms with Crippen LogP contribution in [0.4, 0.5) is 0 Å². The molecule has 82 valence electrons. The minimum absolute atomic E-state index is 0.194. The van der Waals surface area contributed by atoms with Crippen LogP contribution in [0.25, 0.3) is 0 Å². The quantitative estimate of drug-likeness (QED) is 0.483. The second kappa shape index (κ2) is 7.60. The van der Waals surface area contributed by atoms with E-state index in [0.717, 1.165) is 18.8 Å². The number of hydrogen-bond acceptors (Lipinski definition) is 2. The first kappa shape index (κ1) is 13.2. The van der Waals surface area contributed by atoms with Crippen molar-refractivity contribution in [1.29, 1.82) is 0 Å². The number of carbonyl (C=O) groups excluding carboxylic acids is 1. The third-order valence-electron chi connectivity index (χ3n) is 2.04. The largest absolute Gasteiger partial charge is 0.466 e. The van der Waals surface area contributed by atoms with Gasteiger partial charge in [0.05, 0.1) is 6.61 Å². The van der Waals surface area contributed by atoms with E-state index < -0.39 is 0 Å². The number of ether oxygens (including phenoxy) is 1. The Kier molecular flexibility index (Phi) is 7.17. The number of hydrogen-bond donors (Lipinski definition) is 0. The van der Waals surface area contributed by atoms with Gasteiger partial charge in [0.2, 0.25) is 0 Å². The molecule has 0 rings (SSSR count). The molecule has 2 heteroatoms. The molecule has 0 fully saturated rings. The van der Waals surface area contributed by atoms with Gasteiger partial charge >= 0.3 is 5.97 Å². The highest BCUT2D eigenvalue weighted by Gasteiger charge is 1.95. The summed E-state index contributed by atoms with van der Waals surface area (Å²) in [6, 6.07) is 0.